The van der Waals surface area contributed by atoms with Crippen molar-refractivity contribution in [3.05, 3.63) is 59.9 Å². The van der Waals surface area contributed by atoms with E-state index in [4.69, 9.17) is 0 Å². The van der Waals surface area contributed by atoms with Crippen LogP contribution < -0.4 is 4.72 Å². The molecule has 2 aromatic carbocycles. The number of nitrogens with zero attached hydrogens (tertiary/aromatic N) is 2. The van der Waals surface area contributed by atoms with Gasteiger partial charge in [0.05, 0.1) is 15.9 Å². The highest BCUT2D eigenvalue weighted by Gasteiger charge is 2.19. The van der Waals surface area contributed by atoms with Gasteiger partial charge in [-0.1, -0.05) is 30.3 Å². The zero-order valence-electron chi connectivity index (χ0n) is 13.3. The van der Waals surface area contributed by atoms with Gasteiger partial charge in [0, 0.05) is 13.1 Å². The van der Waals surface area contributed by atoms with Crippen LogP contribution in [0, 0.1) is 6.92 Å². The number of sulfonamides is 1. The van der Waals surface area contributed by atoms with Crippen molar-refractivity contribution < 1.29 is 8.42 Å². The molecule has 120 valence electrons. The van der Waals surface area contributed by atoms with Gasteiger partial charge < -0.3 is 4.57 Å². The Labute approximate surface area is 136 Å². The van der Waals surface area contributed by atoms with Gasteiger partial charge in [-0.25, -0.2) is 18.1 Å². The van der Waals surface area contributed by atoms with Crippen LogP contribution in [0.5, 0.6) is 0 Å². The number of nitrogens with one attached hydrogen (secondary N) is 1. The molecule has 1 unspecified atom stereocenters. The molecule has 1 atom stereocenters. The van der Waals surface area contributed by atoms with E-state index in [0.717, 1.165) is 16.9 Å². The normalized spacial score (nSPS) is 13.3. The number of aromatic nitrogens is 2. The molecule has 0 saturated heterocycles. The van der Waals surface area contributed by atoms with Gasteiger partial charge in [0.2, 0.25) is 10.0 Å². The number of hydrogen-bond donors (Lipinski definition) is 1. The highest BCUT2D eigenvalue weighted by atomic mass is 32.2. The molecule has 0 aliphatic carbocycles. The first-order valence-corrected chi connectivity index (χ1v) is 8.87. The molecule has 5 nitrogen and oxygen atoms in total. The molecule has 1 N–H and O–H groups in total. The summed E-state index contributed by atoms with van der Waals surface area (Å²) in [5, 5.41) is 0. The monoisotopic (exact) mass is 329 g/mol. The molecule has 0 bridgehead atoms. The summed E-state index contributed by atoms with van der Waals surface area (Å²) in [6.45, 7) is 3.72. The van der Waals surface area contributed by atoms with E-state index in [1.54, 1.807) is 18.2 Å². The molecule has 0 fully saturated rings. The van der Waals surface area contributed by atoms with Crippen LogP contribution in [0.25, 0.3) is 11.0 Å². The van der Waals surface area contributed by atoms with E-state index in [2.05, 4.69) is 9.71 Å². The third-order valence-corrected chi connectivity index (χ3v) is 5.56. The lowest BCUT2D eigenvalue weighted by atomic mass is 10.1. The summed E-state index contributed by atoms with van der Waals surface area (Å²) in [7, 11) is -1.69. The first-order chi connectivity index (χ1) is 10.9. The van der Waals surface area contributed by atoms with Crippen LogP contribution in [-0.2, 0) is 17.1 Å². The molecule has 0 amide bonds. The maximum atomic E-state index is 12.6. The summed E-state index contributed by atoms with van der Waals surface area (Å²) in [6.07, 6.45) is 0. The Hall–Kier alpha value is -2.18. The predicted octanol–water partition coefficient (Wildman–Crippen LogP) is 2.92. The first-order valence-electron chi connectivity index (χ1n) is 7.39. The zero-order valence-corrected chi connectivity index (χ0v) is 14.1. The van der Waals surface area contributed by atoms with Crippen LogP contribution in [0.4, 0.5) is 0 Å². The van der Waals surface area contributed by atoms with Gasteiger partial charge in [0.25, 0.3) is 0 Å². The fourth-order valence-electron chi connectivity index (χ4n) is 2.58. The molecule has 0 aliphatic rings. The lowest BCUT2D eigenvalue weighted by Gasteiger charge is -2.14. The third-order valence-electron chi connectivity index (χ3n) is 4.02. The van der Waals surface area contributed by atoms with Crippen LogP contribution in [0.1, 0.15) is 24.4 Å². The quantitative estimate of drug-likeness (QED) is 0.800. The Bertz CT molecular complexity index is 947. The number of imidazole rings is 1. The second-order valence-electron chi connectivity index (χ2n) is 5.62. The van der Waals surface area contributed by atoms with E-state index in [0.29, 0.717) is 5.52 Å². The molecule has 6 heteroatoms. The standard InChI is InChI=1S/C17H19N3O2S/c1-12(14-7-5-4-6-8-14)19-23(21,22)15-9-10-17-16(11-15)18-13(2)20(17)3/h4-12,19H,1-3H3. The smallest absolute Gasteiger partial charge is 0.241 e. The van der Waals surface area contributed by atoms with Crippen molar-refractivity contribution in [1.82, 2.24) is 14.3 Å². The number of fused-ring (bicyclic) bond motifs is 1. The predicted molar refractivity (Wildman–Crippen MR) is 90.6 cm³/mol. The fraction of sp³-hybridized carbons (Fsp3) is 0.235. The summed E-state index contributed by atoms with van der Waals surface area (Å²) >= 11 is 0. The molecule has 0 saturated carbocycles. The number of rotatable bonds is 4. The Morgan fingerprint density at radius 3 is 2.52 bits per heavy atom. The Morgan fingerprint density at radius 2 is 1.83 bits per heavy atom. The van der Waals surface area contributed by atoms with E-state index < -0.39 is 10.0 Å². The van der Waals surface area contributed by atoms with Gasteiger partial charge in [-0.05, 0) is 37.6 Å². The van der Waals surface area contributed by atoms with Crippen molar-refractivity contribution in [2.24, 2.45) is 7.05 Å². The summed E-state index contributed by atoms with van der Waals surface area (Å²) in [4.78, 5) is 4.62. The second-order valence-corrected chi connectivity index (χ2v) is 7.34. The molecule has 0 spiro atoms. The first kappa shape index (κ1) is 15.7. The van der Waals surface area contributed by atoms with E-state index in [9.17, 15) is 8.42 Å². The number of benzene rings is 2. The van der Waals surface area contributed by atoms with Gasteiger partial charge in [-0.3, -0.25) is 0 Å². The van der Waals surface area contributed by atoms with Crippen LogP contribution in [0.3, 0.4) is 0 Å². The molecule has 3 rings (SSSR count). The van der Waals surface area contributed by atoms with E-state index in [-0.39, 0.29) is 10.9 Å². The molecule has 0 aliphatic heterocycles. The van der Waals surface area contributed by atoms with Crippen LogP contribution in [0.15, 0.2) is 53.4 Å². The maximum Gasteiger partial charge on any atom is 0.241 e. The second kappa shape index (κ2) is 5.79. The van der Waals surface area contributed by atoms with Crippen LogP contribution in [-0.4, -0.2) is 18.0 Å². The van der Waals surface area contributed by atoms with E-state index >= 15 is 0 Å². The minimum absolute atomic E-state index is 0.228. The third kappa shape index (κ3) is 3.00. The lowest BCUT2D eigenvalue weighted by molar-refractivity contribution is 0.567. The summed E-state index contributed by atoms with van der Waals surface area (Å²) in [5.41, 5.74) is 2.52. The summed E-state index contributed by atoms with van der Waals surface area (Å²) < 4.78 is 29.9. The Morgan fingerprint density at radius 1 is 1.13 bits per heavy atom. The van der Waals surface area contributed by atoms with Crippen LogP contribution in [0.2, 0.25) is 0 Å². The molecule has 1 heterocycles. The molecule has 3 aromatic rings. The molecular weight excluding hydrogens is 310 g/mol. The summed E-state index contributed by atoms with van der Waals surface area (Å²) in [5.74, 6) is 0.847. The highest BCUT2D eigenvalue weighted by molar-refractivity contribution is 7.89. The Kier molecular flexibility index (Phi) is 3.95. The number of hydrogen-bond acceptors (Lipinski definition) is 3. The van der Waals surface area contributed by atoms with Crippen molar-refractivity contribution in [2.45, 2.75) is 24.8 Å². The SMILES string of the molecule is Cc1nc2cc(S(=O)(=O)NC(C)c3ccccc3)ccc2n1C. The van der Waals surface area contributed by atoms with E-state index in [1.807, 2.05) is 55.8 Å². The van der Waals surface area contributed by atoms with Gasteiger partial charge in [0.1, 0.15) is 5.82 Å². The average Bonchev–Trinajstić information content (AvgIpc) is 2.82. The maximum absolute atomic E-state index is 12.6. The van der Waals surface area contributed by atoms with Crippen molar-refractivity contribution in [2.75, 3.05) is 0 Å². The largest absolute Gasteiger partial charge is 0.331 e. The molecule has 0 radical (unpaired) electrons. The van der Waals surface area contributed by atoms with Gasteiger partial charge in [-0.2, -0.15) is 0 Å². The lowest BCUT2D eigenvalue weighted by Crippen LogP contribution is -2.26. The number of aryl methyl sites for hydroxylation is 2. The topological polar surface area (TPSA) is 64.0 Å². The molecular formula is C17H19N3O2S. The zero-order chi connectivity index (χ0) is 16.6. The minimum Gasteiger partial charge on any atom is -0.331 e. The highest BCUT2D eigenvalue weighted by Crippen LogP contribution is 2.21. The van der Waals surface area contributed by atoms with Crippen molar-refractivity contribution in [3.63, 3.8) is 0 Å². The summed E-state index contributed by atoms with van der Waals surface area (Å²) in [6, 6.07) is 14.2. The van der Waals surface area contributed by atoms with Gasteiger partial charge in [0.15, 0.2) is 0 Å². The van der Waals surface area contributed by atoms with Crippen LogP contribution >= 0.6 is 0 Å². The van der Waals surface area contributed by atoms with Crippen molar-refractivity contribution in [1.29, 1.82) is 0 Å². The minimum atomic E-state index is -3.60. The van der Waals surface area contributed by atoms with Crippen molar-refractivity contribution >= 4 is 21.1 Å². The van der Waals surface area contributed by atoms with E-state index in [1.165, 1.54) is 0 Å². The Balaban J connectivity index is 1.93. The van der Waals surface area contributed by atoms with Gasteiger partial charge >= 0.3 is 0 Å². The average molecular weight is 329 g/mol. The fourth-order valence-corrected chi connectivity index (χ4v) is 3.83. The molecule has 23 heavy (non-hydrogen) atoms. The molecule has 1 aromatic heterocycles. The van der Waals surface area contributed by atoms with Gasteiger partial charge in [-0.15, -0.1) is 0 Å². The van der Waals surface area contributed by atoms with Crippen molar-refractivity contribution in [3.8, 4) is 0 Å².